The number of rotatable bonds is 6. The summed E-state index contributed by atoms with van der Waals surface area (Å²) < 4.78 is 10.9. The van der Waals surface area contributed by atoms with Crippen LogP contribution in [-0.4, -0.2) is 74.2 Å². The van der Waals surface area contributed by atoms with Crippen LogP contribution < -0.4 is 5.32 Å². The van der Waals surface area contributed by atoms with Gasteiger partial charge < -0.3 is 24.8 Å². The van der Waals surface area contributed by atoms with Crippen LogP contribution in [0.3, 0.4) is 0 Å². The van der Waals surface area contributed by atoms with Gasteiger partial charge in [-0.3, -0.25) is 4.99 Å². The molecule has 0 amide bonds. The minimum Gasteiger partial charge on any atom is -0.388 e. The van der Waals surface area contributed by atoms with Gasteiger partial charge in [-0.05, 0) is 20.3 Å². The van der Waals surface area contributed by atoms with Crippen molar-refractivity contribution in [3.8, 4) is 0 Å². The molecule has 2 aliphatic rings. The minimum absolute atomic E-state index is 0.450. The van der Waals surface area contributed by atoms with Gasteiger partial charge >= 0.3 is 0 Å². The molecule has 0 aromatic carbocycles. The van der Waals surface area contributed by atoms with Crippen molar-refractivity contribution in [2.75, 3.05) is 52.6 Å². The molecular formula is C16H31N3O3. The van der Waals surface area contributed by atoms with Gasteiger partial charge in [-0.1, -0.05) is 0 Å². The van der Waals surface area contributed by atoms with E-state index < -0.39 is 5.60 Å². The number of hydrogen-bond donors (Lipinski definition) is 2. The van der Waals surface area contributed by atoms with Crippen molar-refractivity contribution in [1.29, 1.82) is 0 Å². The van der Waals surface area contributed by atoms with E-state index in [-0.39, 0.29) is 0 Å². The molecule has 2 heterocycles. The van der Waals surface area contributed by atoms with Gasteiger partial charge in [-0.15, -0.1) is 0 Å². The first-order valence-electron chi connectivity index (χ1n) is 8.58. The number of aliphatic imine (C=N–C) groups is 1. The van der Waals surface area contributed by atoms with Gasteiger partial charge in [0.05, 0.1) is 18.8 Å². The van der Waals surface area contributed by atoms with Crippen molar-refractivity contribution in [3.05, 3.63) is 0 Å². The third-order valence-corrected chi connectivity index (χ3v) is 4.42. The van der Waals surface area contributed by atoms with E-state index in [1.807, 2.05) is 6.92 Å². The lowest BCUT2D eigenvalue weighted by Gasteiger charge is -2.31. The Labute approximate surface area is 133 Å². The normalized spacial score (nSPS) is 25.5. The Balaban J connectivity index is 1.90. The van der Waals surface area contributed by atoms with Crippen molar-refractivity contribution < 1.29 is 14.6 Å². The fraction of sp³-hybridized carbons (Fsp3) is 0.938. The summed E-state index contributed by atoms with van der Waals surface area (Å²) in [5, 5.41) is 13.9. The van der Waals surface area contributed by atoms with Gasteiger partial charge in [0.1, 0.15) is 0 Å². The van der Waals surface area contributed by atoms with E-state index in [0.29, 0.717) is 38.5 Å². The van der Waals surface area contributed by atoms with Crippen LogP contribution in [0.15, 0.2) is 4.99 Å². The van der Waals surface area contributed by atoms with Crippen LogP contribution in [0.1, 0.15) is 33.1 Å². The van der Waals surface area contributed by atoms with Gasteiger partial charge in [0.2, 0.25) is 0 Å². The molecule has 1 unspecified atom stereocenters. The molecular weight excluding hydrogens is 282 g/mol. The maximum atomic E-state index is 10.5. The van der Waals surface area contributed by atoms with Crippen molar-refractivity contribution in [3.63, 3.8) is 0 Å². The lowest BCUT2D eigenvalue weighted by Crippen LogP contribution is -2.43. The molecule has 6 nitrogen and oxygen atoms in total. The highest BCUT2D eigenvalue weighted by molar-refractivity contribution is 5.80. The Morgan fingerprint density at radius 3 is 2.86 bits per heavy atom. The first-order chi connectivity index (χ1) is 10.7. The monoisotopic (exact) mass is 313 g/mol. The molecule has 2 N–H and O–H groups in total. The number of aliphatic hydroxyl groups is 1. The van der Waals surface area contributed by atoms with Crippen LogP contribution in [-0.2, 0) is 9.47 Å². The standard InChI is InChI=1S/C16H31N3O3/c1-3-17-15(18-13-16(20)6-9-22-10-7-16)19-8-5-14(11-19)12-21-4-2/h14,20H,3-13H2,1-2H3,(H,17,18). The summed E-state index contributed by atoms with van der Waals surface area (Å²) in [6.45, 7) is 10.2. The number of hydrogen-bond acceptors (Lipinski definition) is 4. The largest absolute Gasteiger partial charge is 0.388 e. The highest BCUT2D eigenvalue weighted by Gasteiger charge is 2.31. The summed E-state index contributed by atoms with van der Waals surface area (Å²) >= 11 is 0. The molecule has 2 fully saturated rings. The first-order valence-corrected chi connectivity index (χ1v) is 8.58. The molecule has 6 heteroatoms. The zero-order valence-electron chi connectivity index (χ0n) is 14.0. The van der Waals surface area contributed by atoms with Crippen molar-refractivity contribution in [1.82, 2.24) is 10.2 Å². The smallest absolute Gasteiger partial charge is 0.194 e. The second kappa shape index (κ2) is 8.70. The molecule has 2 aliphatic heterocycles. The Morgan fingerprint density at radius 2 is 2.18 bits per heavy atom. The van der Waals surface area contributed by atoms with Crippen LogP contribution in [0.25, 0.3) is 0 Å². The fourth-order valence-electron chi connectivity index (χ4n) is 3.00. The topological polar surface area (TPSA) is 66.3 Å². The average Bonchev–Trinajstić information content (AvgIpc) is 2.99. The maximum absolute atomic E-state index is 10.5. The zero-order valence-corrected chi connectivity index (χ0v) is 14.0. The van der Waals surface area contributed by atoms with Crippen LogP contribution >= 0.6 is 0 Å². The Hall–Kier alpha value is -0.850. The van der Waals surface area contributed by atoms with Gasteiger partial charge in [0.15, 0.2) is 5.96 Å². The first kappa shape index (κ1) is 17.5. The summed E-state index contributed by atoms with van der Waals surface area (Å²) in [4.78, 5) is 6.98. The second-order valence-corrected chi connectivity index (χ2v) is 6.27. The molecule has 0 spiro atoms. The number of nitrogens with zero attached hydrogens (tertiary/aromatic N) is 2. The van der Waals surface area contributed by atoms with Crippen molar-refractivity contribution in [2.24, 2.45) is 10.9 Å². The number of nitrogens with one attached hydrogen (secondary N) is 1. The highest BCUT2D eigenvalue weighted by atomic mass is 16.5. The predicted molar refractivity (Wildman–Crippen MR) is 87.2 cm³/mol. The van der Waals surface area contributed by atoms with Crippen LogP contribution in [0.4, 0.5) is 0 Å². The van der Waals surface area contributed by atoms with Crippen LogP contribution in [0, 0.1) is 5.92 Å². The molecule has 22 heavy (non-hydrogen) atoms. The van der Waals surface area contributed by atoms with Gasteiger partial charge in [-0.25, -0.2) is 0 Å². The summed E-state index contributed by atoms with van der Waals surface area (Å²) in [6, 6.07) is 0. The molecule has 0 aliphatic carbocycles. The van der Waals surface area contributed by atoms with Gasteiger partial charge in [0.25, 0.3) is 0 Å². The molecule has 1 atom stereocenters. The molecule has 2 rings (SSSR count). The highest BCUT2D eigenvalue weighted by Crippen LogP contribution is 2.21. The molecule has 0 aromatic rings. The average molecular weight is 313 g/mol. The molecule has 0 radical (unpaired) electrons. The molecule has 2 saturated heterocycles. The van der Waals surface area contributed by atoms with E-state index in [1.165, 1.54) is 0 Å². The molecule has 128 valence electrons. The third-order valence-electron chi connectivity index (χ3n) is 4.42. The SMILES string of the molecule is CCNC(=NCC1(O)CCOCC1)N1CCC(COCC)C1. The van der Waals surface area contributed by atoms with E-state index in [0.717, 1.165) is 45.2 Å². The predicted octanol–water partition coefficient (Wildman–Crippen LogP) is 0.852. The maximum Gasteiger partial charge on any atom is 0.194 e. The van der Waals surface area contributed by atoms with Crippen LogP contribution in [0.2, 0.25) is 0 Å². The third kappa shape index (κ3) is 5.11. The summed E-state index contributed by atoms with van der Waals surface area (Å²) in [5.74, 6) is 1.50. The van der Waals surface area contributed by atoms with E-state index >= 15 is 0 Å². The summed E-state index contributed by atoms with van der Waals surface area (Å²) in [7, 11) is 0. The fourth-order valence-corrected chi connectivity index (χ4v) is 3.00. The number of guanidine groups is 1. The van der Waals surface area contributed by atoms with Crippen molar-refractivity contribution in [2.45, 2.75) is 38.7 Å². The van der Waals surface area contributed by atoms with Crippen LogP contribution in [0.5, 0.6) is 0 Å². The zero-order chi connectivity index (χ0) is 15.8. The van der Waals surface area contributed by atoms with E-state index in [4.69, 9.17) is 14.5 Å². The van der Waals surface area contributed by atoms with E-state index in [1.54, 1.807) is 0 Å². The second-order valence-electron chi connectivity index (χ2n) is 6.27. The molecule has 0 saturated carbocycles. The summed E-state index contributed by atoms with van der Waals surface area (Å²) in [6.07, 6.45) is 2.48. The molecule has 0 bridgehead atoms. The van der Waals surface area contributed by atoms with Gasteiger partial charge in [-0.2, -0.15) is 0 Å². The van der Waals surface area contributed by atoms with E-state index in [2.05, 4.69) is 17.1 Å². The Morgan fingerprint density at radius 1 is 1.41 bits per heavy atom. The molecule has 0 aromatic heterocycles. The Bertz CT molecular complexity index is 357. The Kier molecular flexibility index (Phi) is 6.92. The van der Waals surface area contributed by atoms with E-state index in [9.17, 15) is 5.11 Å². The lowest BCUT2D eigenvalue weighted by molar-refractivity contribution is -0.0566. The van der Waals surface area contributed by atoms with Gasteiger partial charge in [0, 0.05) is 58.2 Å². The van der Waals surface area contributed by atoms with Crippen molar-refractivity contribution >= 4 is 5.96 Å². The lowest BCUT2D eigenvalue weighted by atomic mass is 9.95. The number of likely N-dealkylation sites (tertiary alicyclic amines) is 1. The number of ether oxygens (including phenoxy) is 2. The summed E-state index contributed by atoms with van der Waals surface area (Å²) in [5.41, 5.74) is -0.705. The quantitative estimate of drug-likeness (QED) is 0.562. The minimum atomic E-state index is -0.705.